The molecule has 1 aliphatic rings. The second kappa shape index (κ2) is 2.94. The minimum Gasteiger partial charge on any atom is -0.293 e. The molecular formula is C9H11FN2O. The second-order valence-electron chi connectivity index (χ2n) is 3.38. The van der Waals surface area contributed by atoms with Crippen LogP contribution in [0.15, 0.2) is 0 Å². The van der Waals surface area contributed by atoms with E-state index in [2.05, 4.69) is 10.2 Å². The van der Waals surface area contributed by atoms with Crippen LogP contribution in [0.2, 0.25) is 0 Å². The van der Waals surface area contributed by atoms with Crippen LogP contribution in [0.4, 0.5) is 4.39 Å². The minimum atomic E-state index is -1.01. The molecular weight excluding hydrogens is 171 g/mol. The summed E-state index contributed by atoms with van der Waals surface area (Å²) in [6.07, 6.45) is 1.12. The predicted molar refractivity (Wildman–Crippen MR) is 45.4 cm³/mol. The molecule has 2 rings (SSSR count). The van der Waals surface area contributed by atoms with Gasteiger partial charge in [-0.1, -0.05) is 0 Å². The van der Waals surface area contributed by atoms with E-state index in [0.717, 1.165) is 18.5 Å². The number of halogens is 1. The van der Waals surface area contributed by atoms with Gasteiger partial charge in [0.1, 0.15) is 11.9 Å². The number of rotatable bonds is 1. The highest BCUT2D eigenvalue weighted by atomic mass is 19.1. The molecule has 0 fully saturated rings. The molecule has 0 aliphatic heterocycles. The molecule has 0 saturated heterocycles. The van der Waals surface area contributed by atoms with Crippen LogP contribution >= 0.6 is 0 Å². The number of carbonyl (C=O) groups is 1. The van der Waals surface area contributed by atoms with Crippen LogP contribution in [0.3, 0.4) is 0 Å². The fourth-order valence-electron chi connectivity index (χ4n) is 1.79. The average molecular weight is 182 g/mol. The molecule has 0 aromatic carbocycles. The highest BCUT2D eigenvalue weighted by Crippen LogP contribution is 2.33. The number of hydrogen-bond acceptors (Lipinski definition) is 2. The van der Waals surface area contributed by atoms with Gasteiger partial charge >= 0.3 is 0 Å². The van der Waals surface area contributed by atoms with Gasteiger partial charge in [-0.2, -0.15) is 5.10 Å². The molecule has 0 radical (unpaired) electrons. The maximum absolute atomic E-state index is 13.4. The SMILES string of the molecule is CC(=O)c1n[nH]c2c1C(F)CCC2. The van der Waals surface area contributed by atoms with Gasteiger partial charge in [-0.05, 0) is 19.3 Å². The Balaban J connectivity index is 2.50. The summed E-state index contributed by atoms with van der Waals surface area (Å²) in [4.78, 5) is 11.1. The zero-order valence-electron chi connectivity index (χ0n) is 7.43. The Bertz CT molecular complexity index is 345. The van der Waals surface area contributed by atoms with E-state index >= 15 is 0 Å². The molecule has 1 aromatic rings. The molecule has 3 nitrogen and oxygen atoms in total. The summed E-state index contributed by atoms with van der Waals surface area (Å²) in [5.41, 5.74) is 1.57. The lowest BCUT2D eigenvalue weighted by atomic mass is 9.93. The Labute approximate surface area is 75.3 Å². The number of aryl methyl sites for hydroxylation is 1. The highest BCUT2D eigenvalue weighted by molar-refractivity contribution is 5.94. The summed E-state index contributed by atoms with van der Waals surface area (Å²) in [5, 5.41) is 6.56. The topological polar surface area (TPSA) is 45.8 Å². The minimum absolute atomic E-state index is 0.165. The quantitative estimate of drug-likeness (QED) is 0.675. The first-order chi connectivity index (χ1) is 6.20. The van der Waals surface area contributed by atoms with Gasteiger partial charge in [0.05, 0.1) is 0 Å². The Kier molecular flexibility index (Phi) is 1.90. The van der Waals surface area contributed by atoms with E-state index < -0.39 is 6.17 Å². The molecule has 1 aliphatic carbocycles. The maximum Gasteiger partial charge on any atom is 0.180 e. The van der Waals surface area contributed by atoms with Crippen molar-refractivity contribution in [2.75, 3.05) is 0 Å². The van der Waals surface area contributed by atoms with Gasteiger partial charge in [-0.25, -0.2) is 4.39 Å². The average Bonchev–Trinajstić information content (AvgIpc) is 2.49. The standard InChI is InChI=1S/C9H11FN2O/c1-5(13)9-8-6(10)3-2-4-7(8)11-12-9/h6H,2-4H2,1H3,(H,11,12). The number of fused-ring (bicyclic) bond motifs is 1. The zero-order chi connectivity index (χ0) is 9.42. The molecule has 0 saturated carbocycles. The number of aromatic nitrogens is 2. The van der Waals surface area contributed by atoms with Crippen LogP contribution in [0.25, 0.3) is 0 Å². The van der Waals surface area contributed by atoms with Crippen LogP contribution in [-0.2, 0) is 6.42 Å². The summed E-state index contributed by atoms with van der Waals surface area (Å²) in [5.74, 6) is -0.165. The number of nitrogens with one attached hydrogen (secondary N) is 1. The molecule has 0 spiro atoms. The Hall–Kier alpha value is -1.19. The summed E-state index contributed by atoms with van der Waals surface area (Å²) < 4.78 is 13.4. The smallest absolute Gasteiger partial charge is 0.180 e. The number of nitrogens with zero attached hydrogens (tertiary/aromatic N) is 1. The monoisotopic (exact) mass is 182 g/mol. The van der Waals surface area contributed by atoms with Crippen molar-refractivity contribution >= 4 is 5.78 Å². The van der Waals surface area contributed by atoms with Crippen molar-refractivity contribution in [1.29, 1.82) is 0 Å². The van der Waals surface area contributed by atoms with Crippen molar-refractivity contribution < 1.29 is 9.18 Å². The zero-order valence-corrected chi connectivity index (χ0v) is 7.43. The number of carbonyl (C=O) groups excluding carboxylic acids is 1. The highest BCUT2D eigenvalue weighted by Gasteiger charge is 2.27. The third-order valence-electron chi connectivity index (χ3n) is 2.41. The first-order valence-corrected chi connectivity index (χ1v) is 4.42. The number of hydrogen-bond donors (Lipinski definition) is 1. The number of H-pyrrole nitrogens is 1. The molecule has 1 aromatic heterocycles. The van der Waals surface area contributed by atoms with Gasteiger partial charge < -0.3 is 0 Å². The van der Waals surface area contributed by atoms with Gasteiger partial charge in [0, 0.05) is 18.2 Å². The molecule has 1 atom stereocenters. The second-order valence-corrected chi connectivity index (χ2v) is 3.38. The van der Waals surface area contributed by atoms with Crippen molar-refractivity contribution in [3.63, 3.8) is 0 Å². The van der Waals surface area contributed by atoms with Crippen LogP contribution in [0.5, 0.6) is 0 Å². The van der Waals surface area contributed by atoms with Crippen LogP contribution in [0.1, 0.15) is 47.7 Å². The molecule has 0 amide bonds. The lowest BCUT2D eigenvalue weighted by molar-refractivity contribution is 0.100. The van der Waals surface area contributed by atoms with Gasteiger partial charge in [-0.15, -0.1) is 0 Å². The third kappa shape index (κ3) is 1.26. The molecule has 0 bridgehead atoms. The number of Topliss-reactive ketones (excluding diaryl/α,β-unsaturated/α-hetero) is 1. The van der Waals surface area contributed by atoms with E-state index in [1.807, 2.05) is 0 Å². The van der Waals surface area contributed by atoms with Crippen molar-refractivity contribution in [3.8, 4) is 0 Å². The van der Waals surface area contributed by atoms with E-state index in [1.54, 1.807) is 0 Å². The lowest BCUT2D eigenvalue weighted by Gasteiger charge is -2.15. The van der Waals surface area contributed by atoms with Gasteiger partial charge in [-0.3, -0.25) is 9.89 Å². The Morgan fingerprint density at radius 1 is 1.69 bits per heavy atom. The number of aromatic amines is 1. The van der Waals surface area contributed by atoms with Gasteiger partial charge in [0.2, 0.25) is 0 Å². The van der Waals surface area contributed by atoms with E-state index in [-0.39, 0.29) is 11.5 Å². The van der Waals surface area contributed by atoms with Crippen molar-refractivity contribution in [2.45, 2.75) is 32.4 Å². The summed E-state index contributed by atoms with van der Waals surface area (Å²) in [7, 11) is 0. The Morgan fingerprint density at radius 3 is 3.15 bits per heavy atom. The van der Waals surface area contributed by atoms with E-state index in [9.17, 15) is 9.18 Å². The van der Waals surface area contributed by atoms with Crippen molar-refractivity contribution in [2.24, 2.45) is 0 Å². The largest absolute Gasteiger partial charge is 0.293 e. The van der Waals surface area contributed by atoms with Crippen LogP contribution < -0.4 is 0 Å². The summed E-state index contributed by atoms with van der Waals surface area (Å²) in [6, 6.07) is 0. The first kappa shape index (κ1) is 8.41. The maximum atomic E-state index is 13.4. The molecule has 1 N–H and O–H groups in total. The third-order valence-corrected chi connectivity index (χ3v) is 2.41. The van der Waals surface area contributed by atoms with E-state index in [0.29, 0.717) is 12.0 Å². The molecule has 1 heterocycles. The van der Waals surface area contributed by atoms with Crippen molar-refractivity contribution in [3.05, 3.63) is 17.0 Å². The van der Waals surface area contributed by atoms with Gasteiger partial charge in [0.15, 0.2) is 5.78 Å². The normalized spacial score (nSPS) is 21.2. The fraction of sp³-hybridized carbons (Fsp3) is 0.556. The Morgan fingerprint density at radius 2 is 2.46 bits per heavy atom. The predicted octanol–water partition coefficient (Wildman–Crippen LogP) is 1.96. The molecule has 1 unspecified atom stereocenters. The summed E-state index contributed by atoms with van der Waals surface area (Å²) >= 11 is 0. The number of alkyl halides is 1. The molecule has 4 heteroatoms. The lowest BCUT2D eigenvalue weighted by Crippen LogP contribution is -2.08. The summed E-state index contributed by atoms with van der Waals surface area (Å²) in [6.45, 7) is 1.41. The molecule has 70 valence electrons. The van der Waals surface area contributed by atoms with Crippen LogP contribution in [0, 0.1) is 0 Å². The molecule has 13 heavy (non-hydrogen) atoms. The van der Waals surface area contributed by atoms with Crippen LogP contribution in [-0.4, -0.2) is 16.0 Å². The van der Waals surface area contributed by atoms with E-state index in [4.69, 9.17) is 0 Å². The van der Waals surface area contributed by atoms with Crippen molar-refractivity contribution in [1.82, 2.24) is 10.2 Å². The number of ketones is 1. The van der Waals surface area contributed by atoms with E-state index in [1.165, 1.54) is 6.92 Å². The van der Waals surface area contributed by atoms with Gasteiger partial charge in [0.25, 0.3) is 0 Å². The fourth-order valence-corrected chi connectivity index (χ4v) is 1.79. The first-order valence-electron chi connectivity index (χ1n) is 4.42.